The third-order valence-electron chi connectivity index (χ3n) is 6.47. The molecule has 1 saturated heterocycles. The Hall–Kier alpha value is -3.26. The van der Waals surface area contributed by atoms with Gasteiger partial charge < -0.3 is 49.2 Å². The number of benzene rings is 2. The third kappa shape index (κ3) is 5.90. The first-order valence-electron chi connectivity index (χ1n) is 12.0. The summed E-state index contributed by atoms with van der Waals surface area (Å²) in [6.07, 6.45) is -8.66. The van der Waals surface area contributed by atoms with Crippen molar-refractivity contribution in [3.8, 4) is 11.5 Å². The van der Waals surface area contributed by atoms with Crippen LogP contribution in [0.25, 0.3) is 0 Å². The van der Waals surface area contributed by atoms with Crippen molar-refractivity contribution >= 4 is 11.9 Å². The van der Waals surface area contributed by atoms with Crippen molar-refractivity contribution < 1.29 is 58.8 Å². The molecule has 0 spiro atoms. The first kappa shape index (κ1) is 27.8. The Balaban J connectivity index is 1.27. The van der Waals surface area contributed by atoms with Crippen LogP contribution in [0.3, 0.4) is 0 Å². The zero-order valence-electron chi connectivity index (χ0n) is 20.5. The van der Waals surface area contributed by atoms with E-state index in [2.05, 4.69) is 0 Å². The summed E-state index contributed by atoms with van der Waals surface area (Å²) in [5.41, 5.74) is 1.41. The molecule has 0 bridgehead atoms. The summed E-state index contributed by atoms with van der Waals surface area (Å²) in [5.74, 6) is -1.59. The Morgan fingerprint density at radius 2 is 1.84 bits per heavy atom. The molecule has 0 aliphatic carbocycles. The molecular formula is C26H30O12. The van der Waals surface area contributed by atoms with E-state index in [0.717, 1.165) is 5.56 Å². The molecule has 2 heterocycles. The lowest BCUT2D eigenvalue weighted by molar-refractivity contribution is -0.302. The summed E-state index contributed by atoms with van der Waals surface area (Å²) in [4.78, 5) is 24.3. The van der Waals surface area contributed by atoms with Crippen molar-refractivity contribution in [1.29, 1.82) is 0 Å². The molecule has 2 aromatic rings. The quantitative estimate of drug-likeness (QED) is 0.211. The van der Waals surface area contributed by atoms with Crippen LogP contribution in [0.2, 0.25) is 0 Å². The van der Waals surface area contributed by atoms with Gasteiger partial charge in [-0.25, -0.2) is 9.59 Å². The van der Waals surface area contributed by atoms with Crippen LogP contribution in [-0.2, 0) is 23.7 Å². The van der Waals surface area contributed by atoms with Crippen molar-refractivity contribution in [3.63, 3.8) is 0 Å². The van der Waals surface area contributed by atoms with Crippen molar-refractivity contribution in [2.75, 3.05) is 20.3 Å². The number of hydrogen-bond acceptors (Lipinski definition) is 12. The van der Waals surface area contributed by atoms with Gasteiger partial charge in [0.05, 0.1) is 19.3 Å². The van der Waals surface area contributed by atoms with Crippen LogP contribution in [-0.4, -0.2) is 88.5 Å². The van der Waals surface area contributed by atoms with Gasteiger partial charge in [0.25, 0.3) is 0 Å². The monoisotopic (exact) mass is 534 g/mol. The second-order valence-electron chi connectivity index (χ2n) is 8.97. The van der Waals surface area contributed by atoms with Gasteiger partial charge in [-0.1, -0.05) is 24.3 Å². The standard InChI is InChI=1S/C26H30O12/c1-34-18-11-13(8-9-16(18)27)20(28)25(33)36-12-19-21(29)22(30)23(31)26(38-19)35-10-4-7-17-14-5-2-3-6-15(14)24(32)37-17/h2-3,5-6,8-9,11,17,19-23,26-31H,4,7,10,12H2,1H3/t17-,19-,20+,21-,22+,23-,26-/m0/s1. The van der Waals surface area contributed by atoms with Crippen LogP contribution >= 0.6 is 0 Å². The van der Waals surface area contributed by atoms with E-state index in [4.69, 9.17) is 23.7 Å². The van der Waals surface area contributed by atoms with E-state index >= 15 is 0 Å². The SMILES string of the molecule is COc1cc([C@@H](O)C(=O)OC[C@@H]2O[C@H](OCCC[C@@H]3OC(=O)c4ccccc43)[C@@H](O)[C@H](O)[C@H]2O)ccc1O. The fraction of sp³-hybridized carbons (Fsp3) is 0.462. The van der Waals surface area contributed by atoms with Crippen LogP contribution in [0, 0.1) is 0 Å². The highest BCUT2D eigenvalue weighted by molar-refractivity contribution is 5.93. The molecule has 2 aromatic carbocycles. The van der Waals surface area contributed by atoms with E-state index in [9.17, 15) is 35.1 Å². The van der Waals surface area contributed by atoms with Gasteiger partial charge in [0.2, 0.25) is 0 Å². The van der Waals surface area contributed by atoms with E-state index in [1.807, 2.05) is 12.1 Å². The van der Waals surface area contributed by atoms with Gasteiger partial charge in [-0.05, 0) is 36.6 Å². The number of phenolic OH excluding ortho intramolecular Hbond substituents is 1. The highest BCUT2D eigenvalue weighted by Gasteiger charge is 2.45. The number of aliphatic hydroxyl groups is 4. The number of carbonyl (C=O) groups excluding carboxylic acids is 2. The van der Waals surface area contributed by atoms with E-state index in [1.54, 1.807) is 12.1 Å². The van der Waals surface area contributed by atoms with Crippen molar-refractivity contribution in [1.82, 2.24) is 0 Å². The van der Waals surface area contributed by atoms with E-state index < -0.39 is 55.5 Å². The van der Waals surface area contributed by atoms with Crippen LogP contribution in [0.15, 0.2) is 42.5 Å². The van der Waals surface area contributed by atoms with Gasteiger partial charge >= 0.3 is 11.9 Å². The predicted molar refractivity (Wildman–Crippen MR) is 127 cm³/mol. The minimum absolute atomic E-state index is 0.0489. The summed E-state index contributed by atoms with van der Waals surface area (Å²) in [6.45, 7) is -0.473. The largest absolute Gasteiger partial charge is 0.504 e. The zero-order valence-corrected chi connectivity index (χ0v) is 20.5. The van der Waals surface area contributed by atoms with Gasteiger partial charge in [0, 0.05) is 5.56 Å². The molecule has 206 valence electrons. The smallest absolute Gasteiger partial charge is 0.339 e. The zero-order chi connectivity index (χ0) is 27.4. The maximum Gasteiger partial charge on any atom is 0.339 e. The summed E-state index contributed by atoms with van der Waals surface area (Å²) in [7, 11) is 1.31. The van der Waals surface area contributed by atoms with Gasteiger partial charge in [0.15, 0.2) is 23.9 Å². The second kappa shape index (κ2) is 12.1. The highest BCUT2D eigenvalue weighted by atomic mass is 16.7. The first-order chi connectivity index (χ1) is 18.2. The molecule has 12 nitrogen and oxygen atoms in total. The first-order valence-corrected chi connectivity index (χ1v) is 12.0. The molecule has 0 radical (unpaired) electrons. The molecule has 0 amide bonds. The number of methoxy groups -OCH3 is 1. The molecule has 2 aliphatic rings. The topological polar surface area (TPSA) is 181 Å². The summed E-state index contributed by atoms with van der Waals surface area (Å²) < 4.78 is 26.5. The Morgan fingerprint density at radius 1 is 1.08 bits per heavy atom. The average molecular weight is 535 g/mol. The molecule has 0 unspecified atom stereocenters. The van der Waals surface area contributed by atoms with Gasteiger partial charge in [-0.15, -0.1) is 0 Å². The lowest BCUT2D eigenvalue weighted by Crippen LogP contribution is -2.59. The fourth-order valence-electron chi connectivity index (χ4n) is 4.34. The van der Waals surface area contributed by atoms with Gasteiger partial charge in [-0.3, -0.25) is 0 Å². The molecule has 38 heavy (non-hydrogen) atoms. The maximum atomic E-state index is 12.4. The lowest BCUT2D eigenvalue weighted by atomic mass is 9.99. The normalized spacial score (nSPS) is 27.3. The number of aliphatic hydroxyl groups excluding tert-OH is 4. The Morgan fingerprint density at radius 3 is 2.61 bits per heavy atom. The minimum Gasteiger partial charge on any atom is -0.504 e. The minimum atomic E-state index is -1.72. The fourth-order valence-corrected chi connectivity index (χ4v) is 4.34. The second-order valence-corrected chi connectivity index (χ2v) is 8.97. The van der Waals surface area contributed by atoms with Crippen LogP contribution in [0.1, 0.15) is 46.5 Å². The number of cyclic esters (lactones) is 1. The van der Waals surface area contributed by atoms with E-state index in [0.29, 0.717) is 18.4 Å². The molecule has 0 aromatic heterocycles. The molecule has 12 heteroatoms. The number of hydrogen-bond donors (Lipinski definition) is 5. The van der Waals surface area contributed by atoms with Crippen molar-refractivity contribution in [2.24, 2.45) is 0 Å². The van der Waals surface area contributed by atoms with Gasteiger partial charge in [0.1, 0.15) is 37.1 Å². The third-order valence-corrected chi connectivity index (χ3v) is 6.47. The molecule has 2 aliphatic heterocycles. The number of ether oxygens (including phenoxy) is 5. The summed E-state index contributed by atoms with van der Waals surface area (Å²) in [5, 5.41) is 50.8. The number of esters is 2. The average Bonchev–Trinajstić information content (AvgIpc) is 3.25. The maximum absolute atomic E-state index is 12.4. The van der Waals surface area contributed by atoms with Crippen LogP contribution < -0.4 is 4.74 Å². The number of phenols is 1. The highest BCUT2D eigenvalue weighted by Crippen LogP contribution is 2.34. The Bertz CT molecular complexity index is 1140. The molecule has 0 saturated carbocycles. The molecule has 1 fully saturated rings. The Labute approximate surface area is 217 Å². The number of fused-ring (bicyclic) bond motifs is 1. The number of rotatable bonds is 10. The summed E-state index contributed by atoms with van der Waals surface area (Å²) >= 11 is 0. The molecule has 4 rings (SSSR count). The number of aromatic hydroxyl groups is 1. The van der Waals surface area contributed by atoms with Crippen LogP contribution in [0.4, 0.5) is 0 Å². The molecule has 5 N–H and O–H groups in total. The molecular weight excluding hydrogens is 504 g/mol. The van der Waals surface area contributed by atoms with E-state index in [1.165, 1.54) is 25.3 Å². The lowest BCUT2D eigenvalue weighted by Gasteiger charge is -2.40. The van der Waals surface area contributed by atoms with Crippen molar-refractivity contribution in [3.05, 3.63) is 59.2 Å². The molecule has 7 atom stereocenters. The predicted octanol–water partition coefficient (Wildman–Crippen LogP) is 0.493. The summed E-state index contributed by atoms with van der Waals surface area (Å²) in [6, 6.07) is 10.9. The van der Waals surface area contributed by atoms with Gasteiger partial charge in [-0.2, -0.15) is 0 Å². The van der Waals surface area contributed by atoms with Crippen LogP contribution in [0.5, 0.6) is 11.5 Å². The van der Waals surface area contributed by atoms with E-state index in [-0.39, 0.29) is 29.6 Å². The number of carbonyl (C=O) groups is 2. The van der Waals surface area contributed by atoms with Crippen molar-refractivity contribution in [2.45, 2.75) is 55.8 Å². The Kier molecular flexibility index (Phi) is 8.82.